The van der Waals surface area contributed by atoms with E-state index in [0.717, 1.165) is 0 Å². The third kappa shape index (κ3) is 3.01. The van der Waals surface area contributed by atoms with Crippen molar-refractivity contribution in [3.63, 3.8) is 0 Å². The van der Waals surface area contributed by atoms with E-state index in [2.05, 4.69) is 11.9 Å². The molecule has 2 N–H and O–H groups in total. The summed E-state index contributed by atoms with van der Waals surface area (Å²) in [5.41, 5.74) is -1.06. The molecule has 2 atom stereocenters. The van der Waals surface area contributed by atoms with E-state index in [9.17, 15) is 14.7 Å². The van der Waals surface area contributed by atoms with Crippen LogP contribution in [0.25, 0.3) is 0 Å². The lowest BCUT2D eigenvalue weighted by molar-refractivity contribution is -0.148. The Morgan fingerprint density at radius 2 is 2.33 bits per heavy atom. The average Bonchev–Trinajstić information content (AvgIpc) is 2.69. The monoisotopic (exact) mass is 256 g/mol. The molecule has 18 heavy (non-hydrogen) atoms. The molecule has 1 saturated heterocycles. The van der Waals surface area contributed by atoms with E-state index in [1.807, 2.05) is 0 Å². The molecule has 102 valence electrons. The van der Waals surface area contributed by atoms with E-state index in [0.29, 0.717) is 13.0 Å². The van der Waals surface area contributed by atoms with E-state index in [1.54, 1.807) is 20.0 Å². The number of aliphatic carboxylic acids is 1. The van der Waals surface area contributed by atoms with Crippen LogP contribution in [-0.2, 0) is 9.53 Å². The number of hydrogen-bond donors (Lipinski definition) is 2. The van der Waals surface area contributed by atoms with Crippen LogP contribution in [0.5, 0.6) is 0 Å². The Morgan fingerprint density at radius 3 is 2.89 bits per heavy atom. The number of carbonyl (C=O) groups is 2. The molecule has 2 unspecified atom stereocenters. The Morgan fingerprint density at radius 1 is 1.67 bits per heavy atom. The van der Waals surface area contributed by atoms with Gasteiger partial charge in [-0.05, 0) is 13.3 Å². The molecule has 0 radical (unpaired) electrons. The summed E-state index contributed by atoms with van der Waals surface area (Å²) in [6, 6.07) is -0.798. The minimum atomic E-state index is -1.06. The van der Waals surface area contributed by atoms with Gasteiger partial charge in [-0.15, -0.1) is 6.58 Å². The van der Waals surface area contributed by atoms with Gasteiger partial charge in [0.05, 0.1) is 19.3 Å². The van der Waals surface area contributed by atoms with E-state index in [1.165, 1.54) is 4.90 Å². The Balaban J connectivity index is 2.58. The lowest BCUT2D eigenvalue weighted by Gasteiger charge is -2.27. The molecule has 0 saturated carbocycles. The molecule has 0 aromatic heterocycles. The van der Waals surface area contributed by atoms with Gasteiger partial charge in [0.25, 0.3) is 0 Å². The van der Waals surface area contributed by atoms with Crippen molar-refractivity contribution in [2.24, 2.45) is 5.41 Å². The topological polar surface area (TPSA) is 78.9 Å². The zero-order valence-electron chi connectivity index (χ0n) is 10.8. The van der Waals surface area contributed by atoms with Crippen LogP contribution in [0.2, 0.25) is 0 Å². The fraction of sp³-hybridized carbons (Fsp3) is 0.667. The highest BCUT2D eigenvalue weighted by Crippen LogP contribution is 2.28. The summed E-state index contributed by atoms with van der Waals surface area (Å²) in [6.07, 6.45) is 2.42. The fourth-order valence-electron chi connectivity index (χ4n) is 1.73. The van der Waals surface area contributed by atoms with Crippen LogP contribution < -0.4 is 5.32 Å². The molecule has 0 aromatic carbocycles. The van der Waals surface area contributed by atoms with Crippen molar-refractivity contribution in [2.75, 3.05) is 26.8 Å². The van der Waals surface area contributed by atoms with Gasteiger partial charge < -0.3 is 20.1 Å². The molecule has 0 aliphatic carbocycles. The zero-order chi connectivity index (χ0) is 13.8. The fourth-order valence-corrected chi connectivity index (χ4v) is 1.73. The van der Waals surface area contributed by atoms with Crippen molar-refractivity contribution < 1.29 is 19.4 Å². The van der Waals surface area contributed by atoms with Crippen LogP contribution in [0.15, 0.2) is 12.7 Å². The van der Waals surface area contributed by atoms with Gasteiger partial charge in [-0.25, -0.2) is 4.79 Å². The van der Waals surface area contributed by atoms with Gasteiger partial charge in [0, 0.05) is 13.6 Å². The number of rotatable bonds is 5. The summed E-state index contributed by atoms with van der Waals surface area (Å²) in [4.78, 5) is 24.5. The third-order valence-corrected chi connectivity index (χ3v) is 3.26. The van der Waals surface area contributed by atoms with Crippen molar-refractivity contribution in [3.05, 3.63) is 12.7 Å². The van der Waals surface area contributed by atoms with E-state index in [4.69, 9.17) is 4.74 Å². The number of nitrogens with one attached hydrogen (secondary N) is 1. The number of carboxylic acids is 1. The average molecular weight is 256 g/mol. The molecule has 1 aliphatic rings. The number of ether oxygens (including phenoxy) is 1. The van der Waals surface area contributed by atoms with Gasteiger partial charge in [0.2, 0.25) is 0 Å². The van der Waals surface area contributed by atoms with Gasteiger partial charge in [0.1, 0.15) is 5.41 Å². The van der Waals surface area contributed by atoms with Crippen LogP contribution in [0.4, 0.5) is 4.79 Å². The Labute approximate surface area is 107 Å². The lowest BCUT2D eigenvalue weighted by Crippen LogP contribution is -2.52. The van der Waals surface area contributed by atoms with Crippen LogP contribution in [0.1, 0.15) is 13.3 Å². The molecular formula is C12H20N2O4. The Hall–Kier alpha value is -1.56. The molecule has 6 heteroatoms. The largest absolute Gasteiger partial charge is 0.481 e. The molecule has 1 rings (SSSR count). The number of carboxylic acid groups (broad SMARTS) is 1. The van der Waals surface area contributed by atoms with E-state index < -0.39 is 17.4 Å². The highest BCUT2D eigenvalue weighted by atomic mass is 16.5. The maximum atomic E-state index is 11.8. The predicted octanol–water partition coefficient (Wildman–Crippen LogP) is 0.694. The zero-order valence-corrected chi connectivity index (χ0v) is 10.8. The first-order chi connectivity index (χ1) is 8.41. The smallest absolute Gasteiger partial charge is 0.317 e. The molecule has 1 aliphatic heterocycles. The van der Waals surface area contributed by atoms with Gasteiger partial charge in [-0.1, -0.05) is 6.08 Å². The van der Waals surface area contributed by atoms with Crippen molar-refractivity contribution in [1.29, 1.82) is 0 Å². The second-order valence-corrected chi connectivity index (χ2v) is 4.74. The van der Waals surface area contributed by atoms with Gasteiger partial charge in [-0.2, -0.15) is 0 Å². The number of amides is 2. The summed E-state index contributed by atoms with van der Waals surface area (Å²) < 4.78 is 5.17. The second-order valence-electron chi connectivity index (χ2n) is 4.74. The second kappa shape index (κ2) is 5.86. The molecule has 0 spiro atoms. The SMILES string of the molecule is C=CCCN(C)C(=O)NC1COCC1(C)C(=O)O. The Kier molecular flexibility index (Phi) is 4.72. The maximum absolute atomic E-state index is 11.8. The first-order valence-corrected chi connectivity index (χ1v) is 5.85. The van der Waals surface area contributed by atoms with Crippen LogP contribution in [0.3, 0.4) is 0 Å². The van der Waals surface area contributed by atoms with Crippen LogP contribution in [0, 0.1) is 5.41 Å². The van der Waals surface area contributed by atoms with Crippen molar-refractivity contribution in [1.82, 2.24) is 10.2 Å². The summed E-state index contributed by atoms with van der Waals surface area (Å²) in [7, 11) is 1.66. The van der Waals surface area contributed by atoms with Crippen LogP contribution >= 0.6 is 0 Å². The predicted molar refractivity (Wildman–Crippen MR) is 66.3 cm³/mol. The van der Waals surface area contributed by atoms with Crippen molar-refractivity contribution in [2.45, 2.75) is 19.4 Å². The number of urea groups is 1. The quantitative estimate of drug-likeness (QED) is 0.709. The van der Waals surface area contributed by atoms with E-state index in [-0.39, 0.29) is 19.2 Å². The Bertz CT molecular complexity index is 345. The molecule has 1 fully saturated rings. The molecule has 0 bridgehead atoms. The number of hydrogen-bond acceptors (Lipinski definition) is 3. The minimum absolute atomic E-state index is 0.115. The lowest BCUT2D eigenvalue weighted by atomic mass is 9.85. The number of carbonyl (C=O) groups excluding carboxylic acids is 1. The summed E-state index contributed by atoms with van der Waals surface area (Å²) in [5.74, 6) is -0.959. The summed E-state index contributed by atoms with van der Waals surface area (Å²) >= 11 is 0. The van der Waals surface area contributed by atoms with E-state index >= 15 is 0 Å². The molecular weight excluding hydrogens is 236 g/mol. The first-order valence-electron chi connectivity index (χ1n) is 5.85. The van der Waals surface area contributed by atoms with Gasteiger partial charge in [0.15, 0.2) is 0 Å². The first kappa shape index (κ1) is 14.5. The summed E-state index contributed by atoms with van der Waals surface area (Å²) in [5, 5.41) is 11.9. The van der Waals surface area contributed by atoms with Crippen molar-refractivity contribution in [3.8, 4) is 0 Å². The standard InChI is InChI=1S/C12H20N2O4/c1-4-5-6-14(3)11(17)13-9-7-18-8-12(9,2)10(15)16/h4,9H,1,5-8H2,2-3H3,(H,13,17)(H,15,16). The van der Waals surface area contributed by atoms with Crippen molar-refractivity contribution >= 4 is 12.0 Å². The highest BCUT2D eigenvalue weighted by molar-refractivity contribution is 5.79. The normalized spacial score (nSPS) is 26.7. The minimum Gasteiger partial charge on any atom is -0.481 e. The van der Waals surface area contributed by atoms with Gasteiger partial charge in [-0.3, -0.25) is 4.79 Å². The molecule has 6 nitrogen and oxygen atoms in total. The third-order valence-electron chi connectivity index (χ3n) is 3.26. The maximum Gasteiger partial charge on any atom is 0.317 e. The molecule has 2 amide bonds. The highest BCUT2D eigenvalue weighted by Gasteiger charge is 2.47. The molecule has 0 aromatic rings. The number of nitrogens with zero attached hydrogens (tertiary/aromatic N) is 1. The summed E-state index contributed by atoms with van der Waals surface area (Å²) in [6.45, 7) is 6.05. The van der Waals surface area contributed by atoms with Crippen LogP contribution in [-0.4, -0.2) is 54.9 Å². The molecule has 1 heterocycles. The van der Waals surface area contributed by atoms with Gasteiger partial charge >= 0.3 is 12.0 Å².